The Balaban J connectivity index is 1.38. The molecule has 7 nitrogen and oxygen atoms in total. The fourth-order valence-corrected chi connectivity index (χ4v) is 3.15. The van der Waals surface area contributed by atoms with Crippen LogP contribution in [0, 0.1) is 0 Å². The maximum absolute atomic E-state index is 12.6. The maximum Gasteiger partial charge on any atom is 0.251 e. The highest BCUT2D eigenvalue weighted by atomic mass is 16.5. The summed E-state index contributed by atoms with van der Waals surface area (Å²) in [6.45, 7) is 1.67. The molecule has 28 heavy (non-hydrogen) atoms. The van der Waals surface area contributed by atoms with Crippen molar-refractivity contribution < 1.29 is 14.3 Å². The minimum atomic E-state index is -0.164. The summed E-state index contributed by atoms with van der Waals surface area (Å²) < 4.78 is 13.2. The van der Waals surface area contributed by atoms with Gasteiger partial charge in [0.05, 0.1) is 6.10 Å². The van der Waals surface area contributed by atoms with Gasteiger partial charge in [0, 0.05) is 42.9 Å². The average Bonchev–Trinajstić information content (AvgIpc) is 3.45. The van der Waals surface area contributed by atoms with E-state index in [2.05, 4.69) is 15.3 Å². The first kappa shape index (κ1) is 18.2. The van der Waals surface area contributed by atoms with Gasteiger partial charge in [0.2, 0.25) is 0 Å². The minimum absolute atomic E-state index is 0.143. The number of aromatic nitrogens is 3. The Hall–Kier alpha value is -3.19. The largest absolute Gasteiger partial charge is 0.491 e. The van der Waals surface area contributed by atoms with Crippen molar-refractivity contribution in [2.75, 3.05) is 13.2 Å². The topological polar surface area (TPSA) is 78.3 Å². The first-order chi connectivity index (χ1) is 13.8. The summed E-state index contributed by atoms with van der Waals surface area (Å²) in [6.07, 6.45) is 9.15. The lowest BCUT2D eigenvalue weighted by molar-refractivity contribution is 0.0679. The highest BCUT2D eigenvalue weighted by Crippen LogP contribution is 2.18. The molecular weight excluding hydrogens is 356 g/mol. The summed E-state index contributed by atoms with van der Waals surface area (Å²) in [7, 11) is 0. The first-order valence-electron chi connectivity index (χ1n) is 9.34. The van der Waals surface area contributed by atoms with Crippen LogP contribution in [0.5, 0.6) is 5.75 Å². The number of nitrogens with zero attached hydrogens (tertiary/aromatic N) is 3. The number of ether oxygens (including phenoxy) is 2. The van der Waals surface area contributed by atoms with Gasteiger partial charge < -0.3 is 14.8 Å². The van der Waals surface area contributed by atoms with Crippen LogP contribution in [0.25, 0.3) is 5.82 Å². The lowest BCUT2D eigenvalue weighted by atomic mass is 10.2. The van der Waals surface area contributed by atoms with Gasteiger partial charge in [-0.15, -0.1) is 0 Å². The number of imidazole rings is 1. The van der Waals surface area contributed by atoms with Crippen molar-refractivity contribution in [1.29, 1.82) is 0 Å². The molecule has 0 aliphatic carbocycles. The normalized spacial score (nSPS) is 16.1. The van der Waals surface area contributed by atoms with Crippen molar-refractivity contribution in [3.63, 3.8) is 0 Å². The fourth-order valence-electron chi connectivity index (χ4n) is 3.15. The van der Waals surface area contributed by atoms with Crippen molar-refractivity contribution in [2.24, 2.45) is 0 Å². The summed E-state index contributed by atoms with van der Waals surface area (Å²) in [5.41, 5.74) is 1.46. The molecule has 1 fully saturated rings. The summed E-state index contributed by atoms with van der Waals surface area (Å²) in [5, 5.41) is 2.95. The number of rotatable bonds is 7. The molecular formula is C21H22N4O3. The van der Waals surface area contributed by atoms with Crippen molar-refractivity contribution >= 4 is 5.91 Å². The smallest absolute Gasteiger partial charge is 0.251 e. The summed E-state index contributed by atoms with van der Waals surface area (Å²) in [6, 6.07) is 11.0. The predicted molar refractivity (Wildman–Crippen MR) is 103 cm³/mol. The average molecular weight is 378 g/mol. The van der Waals surface area contributed by atoms with E-state index in [9.17, 15) is 4.79 Å². The summed E-state index contributed by atoms with van der Waals surface area (Å²) in [5.74, 6) is 1.25. The molecule has 1 aromatic carbocycles. The van der Waals surface area contributed by atoms with Gasteiger partial charge in [-0.1, -0.05) is 12.1 Å². The van der Waals surface area contributed by atoms with E-state index in [0.717, 1.165) is 30.8 Å². The molecule has 1 saturated heterocycles. The molecule has 1 aliphatic rings. The van der Waals surface area contributed by atoms with E-state index in [-0.39, 0.29) is 12.0 Å². The zero-order valence-corrected chi connectivity index (χ0v) is 15.5. The number of nitrogens with one attached hydrogen (secondary N) is 1. The Morgan fingerprint density at radius 2 is 2.25 bits per heavy atom. The van der Waals surface area contributed by atoms with Crippen molar-refractivity contribution in [3.8, 4) is 11.6 Å². The number of carbonyl (C=O) groups is 1. The first-order valence-corrected chi connectivity index (χ1v) is 9.34. The summed E-state index contributed by atoms with van der Waals surface area (Å²) in [4.78, 5) is 21.0. The number of pyridine rings is 1. The summed E-state index contributed by atoms with van der Waals surface area (Å²) >= 11 is 0. The molecule has 1 amide bonds. The Labute approximate surface area is 163 Å². The van der Waals surface area contributed by atoms with Crippen molar-refractivity contribution in [3.05, 3.63) is 72.4 Å². The van der Waals surface area contributed by atoms with Crippen LogP contribution in [0.4, 0.5) is 0 Å². The van der Waals surface area contributed by atoms with E-state index in [0.29, 0.717) is 24.5 Å². The van der Waals surface area contributed by atoms with Gasteiger partial charge in [-0.2, -0.15) is 0 Å². The second-order valence-electron chi connectivity index (χ2n) is 6.61. The SMILES string of the molecule is O=C(NCc1cccnc1-n1ccnc1)c1cccc(OCC2CCCO2)c1. The number of hydrogen-bond donors (Lipinski definition) is 1. The third kappa shape index (κ3) is 4.37. The van der Waals surface area contributed by atoms with Gasteiger partial charge in [-0.3, -0.25) is 9.36 Å². The molecule has 2 aromatic heterocycles. The van der Waals surface area contributed by atoms with Gasteiger partial charge in [-0.25, -0.2) is 9.97 Å². The number of amides is 1. The molecule has 3 heterocycles. The molecule has 0 radical (unpaired) electrons. The maximum atomic E-state index is 12.6. The minimum Gasteiger partial charge on any atom is -0.491 e. The Bertz CT molecular complexity index is 921. The van der Waals surface area contributed by atoms with Crippen LogP contribution in [0.3, 0.4) is 0 Å². The van der Waals surface area contributed by atoms with Gasteiger partial charge in [0.15, 0.2) is 0 Å². The van der Waals surface area contributed by atoms with E-state index in [1.54, 1.807) is 30.9 Å². The van der Waals surface area contributed by atoms with Crippen molar-refractivity contribution in [2.45, 2.75) is 25.5 Å². The zero-order chi connectivity index (χ0) is 19.2. The molecule has 0 bridgehead atoms. The van der Waals surface area contributed by atoms with Crippen molar-refractivity contribution in [1.82, 2.24) is 19.9 Å². The molecule has 4 rings (SSSR count). The zero-order valence-electron chi connectivity index (χ0n) is 15.5. The van der Waals surface area contributed by atoms with Gasteiger partial charge >= 0.3 is 0 Å². The highest BCUT2D eigenvalue weighted by molar-refractivity contribution is 5.94. The van der Waals surface area contributed by atoms with Gasteiger partial charge in [0.1, 0.15) is 24.5 Å². The van der Waals surface area contributed by atoms with E-state index in [1.807, 2.05) is 35.0 Å². The van der Waals surface area contributed by atoms with Crippen LogP contribution < -0.4 is 10.1 Å². The number of benzene rings is 1. The van der Waals surface area contributed by atoms with E-state index >= 15 is 0 Å². The lowest BCUT2D eigenvalue weighted by Crippen LogP contribution is -2.24. The van der Waals surface area contributed by atoms with Crippen LogP contribution in [-0.2, 0) is 11.3 Å². The van der Waals surface area contributed by atoms with Crippen LogP contribution in [0.15, 0.2) is 61.3 Å². The third-order valence-electron chi connectivity index (χ3n) is 4.61. The highest BCUT2D eigenvalue weighted by Gasteiger charge is 2.16. The molecule has 0 spiro atoms. The molecule has 1 atom stereocenters. The monoisotopic (exact) mass is 378 g/mol. The van der Waals surface area contributed by atoms with E-state index in [1.165, 1.54) is 0 Å². The molecule has 1 unspecified atom stereocenters. The standard InChI is InChI=1S/C21H22N4O3/c26-21(16-4-1-6-18(12-16)28-14-19-7-3-11-27-19)24-13-17-5-2-8-23-20(17)25-10-9-22-15-25/h1-2,4-6,8-10,12,15,19H,3,7,11,13-14H2,(H,24,26). The Morgan fingerprint density at radius 3 is 3.07 bits per heavy atom. The number of hydrogen-bond acceptors (Lipinski definition) is 5. The van der Waals surface area contributed by atoms with E-state index in [4.69, 9.17) is 9.47 Å². The van der Waals surface area contributed by atoms with Crippen LogP contribution in [0.1, 0.15) is 28.8 Å². The Kier molecular flexibility index (Phi) is 5.63. The molecule has 1 N–H and O–H groups in total. The Morgan fingerprint density at radius 1 is 1.29 bits per heavy atom. The van der Waals surface area contributed by atoms with Crippen LogP contribution in [0.2, 0.25) is 0 Å². The second kappa shape index (κ2) is 8.67. The second-order valence-corrected chi connectivity index (χ2v) is 6.61. The van der Waals surface area contributed by atoms with Crippen LogP contribution in [-0.4, -0.2) is 39.8 Å². The predicted octanol–water partition coefficient (Wildman–Crippen LogP) is 2.76. The molecule has 144 valence electrons. The van der Waals surface area contributed by atoms with E-state index < -0.39 is 0 Å². The quantitative estimate of drug-likeness (QED) is 0.684. The lowest BCUT2D eigenvalue weighted by Gasteiger charge is -2.13. The van der Waals surface area contributed by atoms with Gasteiger partial charge in [0.25, 0.3) is 5.91 Å². The molecule has 3 aromatic rings. The number of carbonyl (C=O) groups excluding carboxylic acids is 1. The van der Waals surface area contributed by atoms with Gasteiger partial charge in [-0.05, 0) is 37.1 Å². The van der Waals surface area contributed by atoms with Crippen LogP contribution >= 0.6 is 0 Å². The fraction of sp³-hybridized carbons (Fsp3) is 0.286. The molecule has 1 aliphatic heterocycles. The molecule has 7 heteroatoms. The third-order valence-corrected chi connectivity index (χ3v) is 4.61. The molecule has 0 saturated carbocycles.